The zero-order valence-electron chi connectivity index (χ0n) is 18.4. The number of hydrogen-bond acceptors (Lipinski definition) is 4. The number of para-hydroxylation sites is 1. The van der Waals surface area contributed by atoms with E-state index in [1.165, 1.54) is 17.0 Å². The third-order valence-electron chi connectivity index (χ3n) is 5.63. The number of unbranched alkanes of at least 4 members (excludes halogenated alkanes) is 1. The number of nitrogens with one attached hydrogen (secondary N) is 1. The van der Waals surface area contributed by atoms with Crippen molar-refractivity contribution in [3.63, 3.8) is 0 Å². The molecule has 0 radical (unpaired) electrons. The number of nitrogens with zero attached hydrogens (tertiary/aromatic N) is 2. The third kappa shape index (κ3) is 5.05. The molecule has 7 heteroatoms. The van der Waals surface area contributed by atoms with Gasteiger partial charge < -0.3 is 10.1 Å². The highest BCUT2D eigenvalue weighted by atomic mass is 19.1. The number of urea groups is 1. The van der Waals surface area contributed by atoms with Crippen molar-refractivity contribution in [3.05, 3.63) is 65.5 Å². The van der Waals surface area contributed by atoms with Crippen molar-refractivity contribution in [2.45, 2.75) is 38.6 Å². The fourth-order valence-electron chi connectivity index (χ4n) is 3.78. The van der Waals surface area contributed by atoms with Gasteiger partial charge in [0, 0.05) is 6.54 Å². The summed E-state index contributed by atoms with van der Waals surface area (Å²) < 4.78 is 19.3. The molecule has 1 fully saturated rings. The highest BCUT2D eigenvalue weighted by molar-refractivity contribution is 6.07. The molecule has 1 N–H and O–H groups in total. The fourth-order valence-corrected chi connectivity index (χ4v) is 3.78. The first kappa shape index (κ1) is 22.7. The Morgan fingerprint density at radius 2 is 1.84 bits per heavy atom. The molecule has 1 atom stereocenters. The lowest BCUT2D eigenvalue weighted by Crippen LogP contribution is -2.45. The summed E-state index contributed by atoms with van der Waals surface area (Å²) in [6, 6.07) is 13.1. The number of aryl methyl sites for hydroxylation is 1. The van der Waals surface area contributed by atoms with Crippen molar-refractivity contribution in [1.29, 1.82) is 0 Å². The van der Waals surface area contributed by atoms with Crippen LogP contribution in [-0.4, -0.2) is 48.6 Å². The monoisotopic (exact) mass is 427 g/mol. The van der Waals surface area contributed by atoms with Crippen LogP contribution in [0, 0.1) is 12.7 Å². The molecule has 0 aliphatic carbocycles. The van der Waals surface area contributed by atoms with Crippen LogP contribution in [0.15, 0.2) is 48.5 Å². The molecule has 0 spiro atoms. The number of rotatable bonds is 10. The standard InChI is InChI=1S/C24H30FN3O3/c1-4-5-14-24(19-10-12-20(25)13-11-19)22(29)28(23(30)26-24)17-27(3)15-16-31-21-9-7-6-8-18(21)2/h6-13H,4-5,14-17H2,1-3H3,(H,26,30). The highest BCUT2D eigenvalue weighted by Gasteiger charge is 2.51. The maximum absolute atomic E-state index is 13.4. The van der Waals surface area contributed by atoms with Gasteiger partial charge in [-0.2, -0.15) is 0 Å². The van der Waals surface area contributed by atoms with Crippen LogP contribution >= 0.6 is 0 Å². The molecular weight excluding hydrogens is 397 g/mol. The molecule has 0 bridgehead atoms. The summed E-state index contributed by atoms with van der Waals surface area (Å²) in [5, 5.41) is 2.89. The minimum atomic E-state index is -1.15. The van der Waals surface area contributed by atoms with Crippen molar-refractivity contribution in [2.75, 3.05) is 26.9 Å². The molecule has 1 aliphatic rings. The van der Waals surface area contributed by atoms with Gasteiger partial charge in [-0.1, -0.05) is 50.1 Å². The van der Waals surface area contributed by atoms with E-state index in [0.29, 0.717) is 25.1 Å². The number of carbonyl (C=O) groups excluding carboxylic acids is 2. The first-order chi connectivity index (χ1) is 14.9. The Balaban J connectivity index is 1.67. The van der Waals surface area contributed by atoms with E-state index in [2.05, 4.69) is 5.32 Å². The average molecular weight is 428 g/mol. The molecule has 3 rings (SSSR count). The SMILES string of the molecule is CCCCC1(c2ccc(F)cc2)NC(=O)N(CN(C)CCOc2ccccc2C)C1=O. The number of likely N-dealkylation sites (N-methyl/N-ethyl adjacent to an activating group) is 1. The smallest absolute Gasteiger partial charge is 0.326 e. The Bertz CT molecular complexity index is 919. The second-order valence-corrected chi connectivity index (χ2v) is 8.01. The predicted molar refractivity (Wildman–Crippen MR) is 117 cm³/mol. The largest absolute Gasteiger partial charge is 0.492 e. The van der Waals surface area contributed by atoms with E-state index in [1.54, 1.807) is 12.1 Å². The summed E-state index contributed by atoms with van der Waals surface area (Å²) in [6.45, 7) is 5.14. The van der Waals surface area contributed by atoms with Gasteiger partial charge in [0.2, 0.25) is 0 Å². The van der Waals surface area contributed by atoms with E-state index in [1.807, 2.05) is 50.1 Å². The van der Waals surface area contributed by atoms with Crippen LogP contribution < -0.4 is 10.1 Å². The van der Waals surface area contributed by atoms with Gasteiger partial charge in [0.15, 0.2) is 0 Å². The van der Waals surface area contributed by atoms with Crippen LogP contribution in [0.2, 0.25) is 0 Å². The first-order valence-electron chi connectivity index (χ1n) is 10.6. The zero-order valence-corrected chi connectivity index (χ0v) is 18.4. The molecule has 166 valence electrons. The molecule has 1 saturated heterocycles. The van der Waals surface area contributed by atoms with Gasteiger partial charge in [-0.3, -0.25) is 9.69 Å². The second-order valence-electron chi connectivity index (χ2n) is 8.01. The van der Waals surface area contributed by atoms with Gasteiger partial charge in [-0.25, -0.2) is 14.1 Å². The summed E-state index contributed by atoms with van der Waals surface area (Å²) >= 11 is 0. The summed E-state index contributed by atoms with van der Waals surface area (Å²) in [5.74, 6) is 0.140. The van der Waals surface area contributed by atoms with Gasteiger partial charge >= 0.3 is 6.03 Å². The van der Waals surface area contributed by atoms with Gasteiger partial charge in [0.1, 0.15) is 23.7 Å². The van der Waals surface area contributed by atoms with Gasteiger partial charge in [0.25, 0.3) is 5.91 Å². The number of halogens is 1. The quantitative estimate of drug-likeness (QED) is 0.582. The number of amides is 3. The summed E-state index contributed by atoms with van der Waals surface area (Å²) in [4.78, 5) is 29.2. The molecule has 3 amide bonds. The minimum Gasteiger partial charge on any atom is -0.492 e. The van der Waals surface area contributed by atoms with Gasteiger partial charge in [-0.15, -0.1) is 0 Å². The molecule has 0 saturated carbocycles. The molecule has 0 aromatic heterocycles. The van der Waals surface area contributed by atoms with E-state index in [4.69, 9.17) is 4.74 Å². The Labute approximate surface area is 183 Å². The first-order valence-corrected chi connectivity index (χ1v) is 10.6. The number of hydrogen-bond donors (Lipinski definition) is 1. The van der Waals surface area contributed by atoms with Crippen LogP contribution in [0.1, 0.15) is 37.3 Å². The van der Waals surface area contributed by atoms with E-state index < -0.39 is 11.6 Å². The van der Waals surface area contributed by atoms with Crippen molar-refractivity contribution >= 4 is 11.9 Å². The highest BCUT2D eigenvalue weighted by Crippen LogP contribution is 2.34. The molecule has 2 aromatic rings. The van der Waals surface area contributed by atoms with Crippen molar-refractivity contribution in [2.24, 2.45) is 0 Å². The molecule has 6 nitrogen and oxygen atoms in total. The van der Waals surface area contributed by atoms with Gasteiger partial charge in [0.05, 0.1) is 6.67 Å². The maximum Gasteiger partial charge on any atom is 0.326 e. The van der Waals surface area contributed by atoms with Crippen LogP contribution in [0.25, 0.3) is 0 Å². The van der Waals surface area contributed by atoms with Crippen molar-refractivity contribution < 1.29 is 18.7 Å². The fraction of sp³-hybridized carbons (Fsp3) is 0.417. The van der Waals surface area contributed by atoms with Crippen LogP contribution in [0.3, 0.4) is 0 Å². The number of benzene rings is 2. The zero-order chi connectivity index (χ0) is 22.4. The van der Waals surface area contributed by atoms with Crippen LogP contribution in [0.5, 0.6) is 5.75 Å². The summed E-state index contributed by atoms with van der Waals surface area (Å²) in [5.41, 5.74) is 0.507. The number of carbonyl (C=O) groups is 2. The van der Waals surface area contributed by atoms with E-state index in [9.17, 15) is 14.0 Å². The Hall–Kier alpha value is -2.93. The summed E-state index contributed by atoms with van der Waals surface area (Å²) in [7, 11) is 1.84. The topological polar surface area (TPSA) is 61.9 Å². The molecule has 1 unspecified atom stereocenters. The van der Waals surface area contributed by atoms with E-state index in [-0.39, 0.29) is 18.4 Å². The molecular formula is C24H30FN3O3. The Morgan fingerprint density at radius 3 is 2.52 bits per heavy atom. The lowest BCUT2D eigenvalue weighted by Gasteiger charge is -2.28. The molecule has 1 heterocycles. The summed E-state index contributed by atoms with van der Waals surface area (Å²) in [6.07, 6.45) is 2.11. The van der Waals surface area contributed by atoms with Crippen LogP contribution in [0.4, 0.5) is 9.18 Å². The van der Waals surface area contributed by atoms with E-state index in [0.717, 1.165) is 24.2 Å². The molecule has 1 aliphatic heterocycles. The number of imide groups is 1. The van der Waals surface area contributed by atoms with Crippen molar-refractivity contribution in [3.8, 4) is 5.75 Å². The number of ether oxygens (including phenoxy) is 1. The van der Waals surface area contributed by atoms with Crippen molar-refractivity contribution in [1.82, 2.24) is 15.1 Å². The van der Waals surface area contributed by atoms with E-state index >= 15 is 0 Å². The second kappa shape index (κ2) is 9.92. The molecule has 2 aromatic carbocycles. The molecule has 31 heavy (non-hydrogen) atoms. The lowest BCUT2D eigenvalue weighted by atomic mass is 9.85. The Kier molecular flexibility index (Phi) is 7.28. The predicted octanol–water partition coefficient (Wildman–Crippen LogP) is 4.04. The lowest BCUT2D eigenvalue weighted by molar-refractivity contribution is -0.133. The minimum absolute atomic E-state index is 0.150. The normalized spacial score (nSPS) is 18.5. The average Bonchev–Trinajstić information content (AvgIpc) is 2.99. The maximum atomic E-state index is 13.4. The Morgan fingerprint density at radius 1 is 1.13 bits per heavy atom. The third-order valence-corrected chi connectivity index (χ3v) is 5.63. The van der Waals surface area contributed by atoms with Gasteiger partial charge in [-0.05, 0) is 49.7 Å². The van der Waals surface area contributed by atoms with Crippen LogP contribution in [-0.2, 0) is 10.3 Å².